The Balaban J connectivity index is 1.07. The predicted molar refractivity (Wildman–Crippen MR) is 174 cm³/mol. The third-order valence-electron chi connectivity index (χ3n) is 12.6. The van der Waals surface area contributed by atoms with E-state index in [9.17, 15) is 5.11 Å². The second kappa shape index (κ2) is 12.1. The minimum absolute atomic E-state index is 0.191. The molecular weight excluding hydrogens is 516 g/mol. The van der Waals surface area contributed by atoms with Gasteiger partial charge in [0.2, 0.25) is 0 Å². The standard InChI is InChI=1S/C38H54N2O2/c1-25(2)8-6-9-26(3)31-13-14-32-29-12-11-27-24-28(17-19-37(27,4)33(29)18-20-38(31,32)5)42-23-22-39-34-15-16-35(41)36-30(34)10-7-21-40-36/h7,10-11,15-16,21-22,25-26,28-29,31-33,41H,6,8-9,12-14,17-20,23-24H2,1-5H3. The molecule has 0 aliphatic heterocycles. The predicted octanol–water partition coefficient (Wildman–Crippen LogP) is 10.1. The molecule has 1 aromatic carbocycles. The molecular formula is C38H54N2O2. The molecule has 3 saturated carbocycles. The minimum Gasteiger partial charge on any atom is -0.506 e. The van der Waals surface area contributed by atoms with Crippen molar-refractivity contribution in [3.63, 3.8) is 0 Å². The smallest absolute Gasteiger partial charge is 0.141 e. The SMILES string of the molecule is CC(C)CCCC(C)C1CCC2C3CC=C4CC(OCC=Nc5ccc(O)c6ncccc56)CCC4(C)C3CCC12C. The van der Waals surface area contributed by atoms with Crippen LogP contribution >= 0.6 is 0 Å². The van der Waals surface area contributed by atoms with Crippen LogP contribution in [0.1, 0.15) is 105 Å². The van der Waals surface area contributed by atoms with Gasteiger partial charge in [0, 0.05) is 17.8 Å². The first-order valence-electron chi connectivity index (χ1n) is 17.1. The zero-order chi connectivity index (χ0) is 29.5. The summed E-state index contributed by atoms with van der Waals surface area (Å²) in [5.74, 6) is 5.47. The van der Waals surface area contributed by atoms with Crippen LogP contribution in [-0.4, -0.2) is 29.0 Å². The number of rotatable bonds is 9. The number of ether oxygens (including phenoxy) is 1. The van der Waals surface area contributed by atoms with Crippen molar-refractivity contribution >= 4 is 22.8 Å². The zero-order valence-corrected chi connectivity index (χ0v) is 26.8. The molecule has 0 amide bonds. The largest absolute Gasteiger partial charge is 0.506 e. The zero-order valence-electron chi connectivity index (χ0n) is 26.8. The number of phenols is 1. The molecule has 0 radical (unpaired) electrons. The van der Waals surface area contributed by atoms with Gasteiger partial charge in [0.25, 0.3) is 0 Å². The molecule has 8 unspecified atom stereocenters. The molecule has 228 valence electrons. The van der Waals surface area contributed by atoms with Crippen molar-refractivity contribution in [2.24, 2.45) is 51.3 Å². The molecule has 4 aliphatic rings. The van der Waals surface area contributed by atoms with E-state index in [-0.39, 0.29) is 11.9 Å². The fourth-order valence-corrected chi connectivity index (χ4v) is 10.4. The van der Waals surface area contributed by atoms with Crippen LogP contribution in [0.4, 0.5) is 5.69 Å². The molecule has 4 nitrogen and oxygen atoms in total. The Kier molecular flexibility index (Phi) is 8.57. The number of phenolic OH excluding ortho intramolecular Hbond substituents is 1. The van der Waals surface area contributed by atoms with Crippen LogP contribution in [0.3, 0.4) is 0 Å². The lowest BCUT2D eigenvalue weighted by Gasteiger charge is -2.58. The third-order valence-corrected chi connectivity index (χ3v) is 12.6. The van der Waals surface area contributed by atoms with Crippen LogP contribution < -0.4 is 0 Å². The van der Waals surface area contributed by atoms with Crippen LogP contribution in [0, 0.1) is 46.3 Å². The summed E-state index contributed by atoms with van der Waals surface area (Å²) in [4.78, 5) is 8.98. The molecule has 2 aromatic rings. The van der Waals surface area contributed by atoms with E-state index in [1.54, 1.807) is 17.8 Å². The van der Waals surface area contributed by atoms with Crippen LogP contribution in [0.2, 0.25) is 0 Å². The lowest BCUT2D eigenvalue weighted by atomic mass is 9.47. The number of benzene rings is 1. The van der Waals surface area contributed by atoms with Crippen LogP contribution in [0.5, 0.6) is 5.75 Å². The molecule has 4 aliphatic carbocycles. The quantitative estimate of drug-likeness (QED) is 0.241. The van der Waals surface area contributed by atoms with Crippen LogP contribution in [0.25, 0.3) is 10.9 Å². The molecule has 4 heteroatoms. The topological polar surface area (TPSA) is 54.7 Å². The highest BCUT2D eigenvalue weighted by atomic mass is 16.5. The number of hydrogen-bond acceptors (Lipinski definition) is 4. The highest BCUT2D eigenvalue weighted by Crippen LogP contribution is 2.67. The molecule has 6 rings (SSSR count). The first-order chi connectivity index (χ1) is 20.2. The number of fused-ring (bicyclic) bond motifs is 6. The number of aliphatic imine (C=N–C) groups is 1. The molecule has 0 spiro atoms. The molecule has 0 saturated heterocycles. The van der Waals surface area contributed by atoms with Gasteiger partial charge in [-0.05, 0) is 122 Å². The molecule has 1 aromatic heterocycles. The second-order valence-corrected chi connectivity index (χ2v) is 15.3. The van der Waals surface area contributed by atoms with Gasteiger partial charge in [-0.15, -0.1) is 0 Å². The third kappa shape index (κ3) is 5.46. The van der Waals surface area contributed by atoms with Gasteiger partial charge in [0.1, 0.15) is 11.3 Å². The summed E-state index contributed by atoms with van der Waals surface area (Å²) < 4.78 is 6.39. The van der Waals surface area contributed by atoms with Gasteiger partial charge in [0.15, 0.2) is 0 Å². The van der Waals surface area contributed by atoms with Gasteiger partial charge in [-0.25, -0.2) is 0 Å². The lowest BCUT2D eigenvalue weighted by molar-refractivity contribution is -0.0614. The maximum absolute atomic E-state index is 10.1. The Hall–Kier alpha value is -2.20. The van der Waals surface area contributed by atoms with E-state index in [2.05, 4.69) is 50.7 Å². The Labute approximate surface area is 254 Å². The molecule has 0 bridgehead atoms. The second-order valence-electron chi connectivity index (χ2n) is 15.3. The van der Waals surface area contributed by atoms with Gasteiger partial charge < -0.3 is 9.84 Å². The van der Waals surface area contributed by atoms with Gasteiger partial charge in [-0.3, -0.25) is 9.98 Å². The summed E-state index contributed by atoms with van der Waals surface area (Å²) in [6.07, 6.45) is 21.3. The van der Waals surface area contributed by atoms with E-state index in [1.807, 2.05) is 24.4 Å². The number of pyridine rings is 1. The molecule has 42 heavy (non-hydrogen) atoms. The summed E-state index contributed by atoms with van der Waals surface area (Å²) in [5.41, 5.74) is 4.01. The fourth-order valence-electron chi connectivity index (χ4n) is 10.4. The molecule has 3 fully saturated rings. The number of aromatic hydroxyl groups is 1. The van der Waals surface area contributed by atoms with E-state index in [0.717, 1.165) is 59.4 Å². The summed E-state index contributed by atoms with van der Waals surface area (Å²) >= 11 is 0. The number of nitrogens with zero attached hydrogens (tertiary/aromatic N) is 2. The van der Waals surface area contributed by atoms with Gasteiger partial charge in [-0.2, -0.15) is 0 Å². The van der Waals surface area contributed by atoms with Crippen molar-refractivity contribution in [3.8, 4) is 5.75 Å². The Morgan fingerprint density at radius 2 is 1.90 bits per heavy atom. The molecule has 8 atom stereocenters. The Morgan fingerprint density at radius 1 is 1.05 bits per heavy atom. The van der Waals surface area contributed by atoms with Crippen molar-refractivity contribution < 1.29 is 9.84 Å². The highest BCUT2D eigenvalue weighted by molar-refractivity contribution is 5.94. The summed E-state index contributed by atoms with van der Waals surface area (Å²) in [5, 5.41) is 11.0. The van der Waals surface area contributed by atoms with E-state index >= 15 is 0 Å². The van der Waals surface area contributed by atoms with Crippen molar-refractivity contribution in [1.82, 2.24) is 4.98 Å². The van der Waals surface area contributed by atoms with E-state index in [4.69, 9.17) is 4.74 Å². The number of hydrogen-bond donors (Lipinski definition) is 1. The number of allylic oxidation sites excluding steroid dienone is 1. The average molecular weight is 571 g/mol. The maximum atomic E-state index is 10.1. The van der Waals surface area contributed by atoms with Gasteiger partial charge >= 0.3 is 0 Å². The Bertz CT molecular complexity index is 1320. The first kappa shape index (κ1) is 29.9. The summed E-state index contributed by atoms with van der Waals surface area (Å²) in [6.45, 7) is 13.2. The number of aromatic nitrogens is 1. The van der Waals surface area contributed by atoms with Crippen LogP contribution in [0.15, 0.2) is 47.1 Å². The summed E-state index contributed by atoms with van der Waals surface area (Å²) in [7, 11) is 0. The van der Waals surface area contributed by atoms with E-state index in [1.165, 1.54) is 57.8 Å². The van der Waals surface area contributed by atoms with E-state index in [0.29, 0.717) is 23.0 Å². The van der Waals surface area contributed by atoms with Crippen molar-refractivity contribution in [3.05, 3.63) is 42.1 Å². The van der Waals surface area contributed by atoms with Gasteiger partial charge in [0.05, 0.1) is 18.4 Å². The summed E-state index contributed by atoms with van der Waals surface area (Å²) in [6, 6.07) is 7.35. The fraction of sp³-hybridized carbons (Fsp3) is 0.684. The van der Waals surface area contributed by atoms with Gasteiger partial charge in [-0.1, -0.05) is 65.5 Å². The average Bonchev–Trinajstić information content (AvgIpc) is 3.33. The Morgan fingerprint density at radius 3 is 2.74 bits per heavy atom. The van der Waals surface area contributed by atoms with E-state index < -0.39 is 0 Å². The monoisotopic (exact) mass is 570 g/mol. The van der Waals surface area contributed by atoms with Crippen molar-refractivity contribution in [2.45, 2.75) is 111 Å². The van der Waals surface area contributed by atoms with Crippen molar-refractivity contribution in [1.29, 1.82) is 0 Å². The van der Waals surface area contributed by atoms with Crippen LogP contribution in [-0.2, 0) is 4.74 Å². The highest BCUT2D eigenvalue weighted by Gasteiger charge is 2.59. The van der Waals surface area contributed by atoms with Crippen molar-refractivity contribution in [2.75, 3.05) is 6.61 Å². The maximum Gasteiger partial charge on any atom is 0.141 e. The minimum atomic E-state index is 0.191. The lowest BCUT2D eigenvalue weighted by Crippen LogP contribution is -2.51. The first-order valence-corrected chi connectivity index (χ1v) is 17.1. The molecule has 1 heterocycles. The molecule has 1 N–H and O–H groups in total. The normalized spacial score (nSPS) is 35.2.